The molecule has 4 aromatic carbocycles. The van der Waals surface area contributed by atoms with Crippen LogP contribution < -0.4 is 0 Å². The molecule has 4 nitrogen and oxygen atoms in total. The SMILES string of the molecule is O=C(OCC(COC(=O)c1ccccc1)c1cccc2ccccc12)c1ccccc1. The van der Waals surface area contributed by atoms with Crippen LogP contribution in [0.5, 0.6) is 0 Å². The molecule has 0 aliphatic heterocycles. The van der Waals surface area contributed by atoms with Crippen molar-refractivity contribution in [2.24, 2.45) is 0 Å². The number of hydrogen-bond donors (Lipinski definition) is 0. The second-order valence-electron chi connectivity index (χ2n) is 7.19. The van der Waals surface area contributed by atoms with Gasteiger partial charge in [-0.05, 0) is 40.6 Å². The molecule has 4 aromatic rings. The van der Waals surface area contributed by atoms with Crippen LogP contribution in [0.3, 0.4) is 0 Å². The third-order valence-corrected chi connectivity index (χ3v) is 5.11. The summed E-state index contributed by atoms with van der Waals surface area (Å²) in [7, 11) is 0. The van der Waals surface area contributed by atoms with Crippen LogP contribution in [-0.4, -0.2) is 25.2 Å². The fraction of sp³-hybridized carbons (Fsp3) is 0.111. The molecule has 0 fully saturated rings. The van der Waals surface area contributed by atoms with Crippen molar-refractivity contribution in [2.75, 3.05) is 13.2 Å². The molecule has 0 aromatic heterocycles. The number of carbonyl (C=O) groups is 2. The lowest BCUT2D eigenvalue weighted by Crippen LogP contribution is -2.20. The molecular formula is C27H22O4. The van der Waals surface area contributed by atoms with Crippen molar-refractivity contribution < 1.29 is 19.1 Å². The predicted octanol–water partition coefficient (Wildman–Crippen LogP) is 5.64. The van der Waals surface area contributed by atoms with Crippen LogP contribution in [0.15, 0.2) is 103 Å². The molecule has 0 aliphatic rings. The van der Waals surface area contributed by atoms with E-state index in [0.29, 0.717) is 11.1 Å². The van der Waals surface area contributed by atoms with Gasteiger partial charge >= 0.3 is 11.9 Å². The number of esters is 2. The monoisotopic (exact) mass is 410 g/mol. The quantitative estimate of drug-likeness (QED) is 0.370. The zero-order chi connectivity index (χ0) is 21.5. The number of hydrogen-bond acceptors (Lipinski definition) is 4. The lowest BCUT2D eigenvalue weighted by molar-refractivity contribution is 0.0348. The highest BCUT2D eigenvalue weighted by Gasteiger charge is 2.20. The highest BCUT2D eigenvalue weighted by molar-refractivity contribution is 5.90. The minimum atomic E-state index is -0.403. The second kappa shape index (κ2) is 9.72. The summed E-state index contributed by atoms with van der Waals surface area (Å²) in [5, 5.41) is 2.12. The van der Waals surface area contributed by atoms with Crippen LogP contribution in [0.1, 0.15) is 32.2 Å². The van der Waals surface area contributed by atoms with Crippen LogP contribution in [0.4, 0.5) is 0 Å². The average molecular weight is 410 g/mol. The van der Waals surface area contributed by atoms with E-state index in [1.54, 1.807) is 48.5 Å². The number of ether oxygens (including phenoxy) is 2. The van der Waals surface area contributed by atoms with Gasteiger partial charge < -0.3 is 9.47 Å². The van der Waals surface area contributed by atoms with Crippen LogP contribution in [-0.2, 0) is 9.47 Å². The first kappa shape index (κ1) is 20.4. The van der Waals surface area contributed by atoms with E-state index in [0.717, 1.165) is 16.3 Å². The fourth-order valence-corrected chi connectivity index (χ4v) is 3.50. The zero-order valence-corrected chi connectivity index (χ0v) is 16.9. The Morgan fingerprint density at radius 3 is 1.65 bits per heavy atom. The Balaban J connectivity index is 1.56. The third kappa shape index (κ3) is 4.98. The van der Waals surface area contributed by atoms with Crippen molar-refractivity contribution in [3.8, 4) is 0 Å². The Morgan fingerprint density at radius 2 is 1.06 bits per heavy atom. The Hall–Kier alpha value is -3.92. The van der Waals surface area contributed by atoms with Crippen molar-refractivity contribution in [3.05, 3.63) is 120 Å². The van der Waals surface area contributed by atoms with Crippen LogP contribution in [0, 0.1) is 0 Å². The summed E-state index contributed by atoms with van der Waals surface area (Å²) >= 11 is 0. The topological polar surface area (TPSA) is 52.6 Å². The van der Waals surface area contributed by atoms with Crippen molar-refractivity contribution in [3.63, 3.8) is 0 Å². The summed E-state index contributed by atoms with van der Waals surface area (Å²) in [6, 6.07) is 31.7. The average Bonchev–Trinajstić information content (AvgIpc) is 2.84. The molecule has 4 heteroatoms. The van der Waals surface area contributed by atoms with Crippen molar-refractivity contribution >= 4 is 22.7 Å². The molecule has 0 unspecified atom stereocenters. The van der Waals surface area contributed by atoms with Gasteiger partial charge in [0.25, 0.3) is 0 Å². The van der Waals surface area contributed by atoms with Gasteiger partial charge in [-0.3, -0.25) is 0 Å². The molecule has 154 valence electrons. The van der Waals surface area contributed by atoms with E-state index < -0.39 is 11.9 Å². The Labute approximate surface area is 181 Å². The van der Waals surface area contributed by atoms with E-state index in [2.05, 4.69) is 0 Å². The molecule has 0 spiro atoms. The minimum absolute atomic E-state index is 0.101. The Kier molecular flexibility index (Phi) is 6.38. The normalized spacial score (nSPS) is 10.7. The summed E-state index contributed by atoms with van der Waals surface area (Å²) in [5.74, 6) is -1.10. The molecule has 0 bridgehead atoms. The maximum atomic E-state index is 12.5. The van der Waals surface area contributed by atoms with Crippen LogP contribution >= 0.6 is 0 Å². The summed E-state index contributed by atoms with van der Waals surface area (Å²) in [4.78, 5) is 24.9. The van der Waals surface area contributed by atoms with E-state index in [9.17, 15) is 9.59 Å². The van der Waals surface area contributed by atoms with Crippen LogP contribution in [0.2, 0.25) is 0 Å². The fourth-order valence-electron chi connectivity index (χ4n) is 3.50. The number of benzene rings is 4. The van der Waals surface area contributed by atoms with Crippen molar-refractivity contribution in [1.82, 2.24) is 0 Å². The zero-order valence-electron chi connectivity index (χ0n) is 16.9. The summed E-state index contributed by atoms with van der Waals surface area (Å²) in [6.45, 7) is 0.202. The maximum Gasteiger partial charge on any atom is 0.338 e. The first-order valence-corrected chi connectivity index (χ1v) is 10.1. The van der Waals surface area contributed by atoms with Gasteiger partial charge in [-0.1, -0.05) is 78.9 Å². The van der Waals surface area contributed by atoms with Gasteiger partial charge in [0.15, 0.2) is 0 Å². The van der Waals surface area contributed by atoms with Gasteiger partial charge in [0.1, 0.15) is 13.2 Å². The number of carbonyl (C=O) groups excluding carboxylic acids is 2. The van der Waals surface area contributed by atoms with Gasteiger partial charge in [-0.2, -0.15) is 0 Å². The van der Waals surface area contributed by atoms with Gasteiger partial charge in [0, 0.05) is 0 Å². The van der Waals surface area contributed by atoms with E-state index in [-0.39, 0.29) is 19.1 Å². The lowest BCUT2D eigenvalue weighted by Gasteiger charge is -2.19. The van der Waals surface area contributed by atoms with E-state index in [4.69, 9.17) is 9.47 Å². The standard InChI is InChI=1S/C27H22O4/c28-26(21-11-3-1-4-12-21)30-18-23(19-31-27(29)22-13-5-2-6-14-22)25-17-9-15-20-10-7-8-16-24(20)25/h1-17,23H,18-19H2. The smallest absolute Gasteiger partial charge is 0.338 e. The largest absolute Gasteiger partial charge is 0.461 e. The van der Waals surface area contributed by atoms with Gasteiger partial charge in [0.2, 0.25) is 0 Å². The molecule has 0 aliphatic carbocycles. The number of fused-ring (bicyclic) bond motifs is 1. The summed E-state index contributed by atoms with van der Waals surface area (Å²) < 4.78 is 11.2. The van der Waals surface area contributed by atoms with Crippen molar-refractivity contribution in [2.45, 2.75) is 5.92 Å². The van der Waals surface area contributed by atoms with E-state index in [1.807, 2.05) is 54.6 Å². The highest BCUT2D eigenvalue weighted by atomic mass is 16.5. The molecule has 0 saturated heterocycles. The van der Waals surface area contributed by atoms with Crippen LogP contribution in [0.25, 0.3) is 10.8 Å². The number of rotatable bonds is 7. The minimum Gasteiger partial charge on any atom is -0.461 e. The predicted molar refractivity (Wildman–Crippen MR) is 120 cm³/mol. The molecule has 4 rings (SSSR count). The Bertz CT molecular complexity index is 1110. The molecular weight excluding hydrogens is 388 g/mol. The highest BCUT2D eigenvalue weighted by Crippen LogP contribution is 2.27. The summed E-state index contributed by atoms with van der Waals surface area (Å²) in [6.07, 6.45) is 0. The molecule has 0 heterocycles. The molecule has 0 radical (unpaired) electrons. The molecule has 0 saturated carbocycles. The van der Waals surface area contributed by atoms with Gasteiger partial charge in [-0.25, -0.2) is 9.59 Å². The molecule has 0 amide bonds. The van der Waals surface area contributed by atoms with Crippen molar-refractivity contribution in [1.29, 1.82) is 0 Å². The molecule has 31 heavy (non-hydrogen) atoms. The molecule has 0 N–H and O–H groups in total. The lowest BCUT2D eigenvalue weighted by atomic mass is 9.94. The first-order valence-electron chi connectivity index (χ1n) is 10.1. The first-order chi connectivity index (χ1) is 15.2. The maximum absolute atomic E-state index is 12.5. The molecule has 0 atom stereocenters. The van der Waals surface area contributed by atoms with E-state index in [1.165, 1.54) is 0 Å². The van der Waals surface area contributed by atoms with E-state index >= 15 is 0 Å². The summed E-state index contributed by atoms with van der Waals surface area (Å²) in [5.41, 5.74) is 1.95. The van der Waals surface area contributed by atoms with Gasteiger partial charge in [0.05, 0.1) is 17.0 Å². The Morgan fingerprint density at radius 1 is 0.581 bits per heavy atom. The third-order valence-electron chi connectivity index (χ3n) is 5.11. The van der Waals surface area contributed by atoms with Gasteiger partial charge in [-0.15, -0.1) is 0 Å². The second-order valence-corrected chi connectivity index (χ2v) is 7.19.